The monoisotopic (exact) mass is 249 g/mol. The fourth-order valence-corrected chi connectivity index (χ4v) is 2.60. The van der Waals surface area contributed by atoms with E-state index in [1.54, 1.807) is 36.0 Å². The van der Waals surface area contributed by atoms with Crippen molar-refractivity contribution >= 4 is 23.6 Å². The Kier molecular flexibility index (Phi) is 3.52. The van der Waals surface area contributed by atoms with Crippen LogP contribution in [-0.2, 0) is 0 Å². The Morgan fingerprint density at radius 1 is 1.18 bits per heavy atom. The molecule has 2 amide bonds. The molecule has 0 bridgehead atoms. The molecule has 4 heteroatoms. The largest absolute Gasteiger partial charge is 0.271 e. The van der Waals surface area contributed by atoms with Gasteiger partial charge in [-0.2, -0.15) is 11.8 Å². The van der Waals surface area contributed by atoms with E-state index in [9.17, 15) is 9.59 Å². The SMILES string of the molecule is CSCCC(C)N1C(=O)c2ccccc2C1=O. The molecule has 17 heavy (non-hydrogen) atoms. The van der Waals surface area contributed by atoms with Gasteiger partial charge in [0.25, 0.3) is 11.8 Å². The molecule has 1 aromatic carbocycles. The van der Waals surface area contributed by atoms with Gasteiger partial charge in [0.2, 0.25) is 0 Å². The fourth-order valence-electron chi connectivity index (χ4n) is 2.03. The third kappa shape index (κ3) is 2.09. The van der Waals surface area contributed by atoms with E-state index in [0.717, 1.165) is 12.2 Å². The van der Waals surface area contributed by atoms with Gasteiger partial charge in [-0.3, -0.25) is 14.5 Å². The van der Waals surface area contributed by atoms with E-state index in [2.05, 4.69) is 0 Å². The summed E-state index contributed by atoms with van der Waals surface area (Å²) in [5, 5.41) is 0. The van der Waals surface area contributed by atoms with Gasteiger partial charge in [-0.05, 0) is 37.5 Å². The van der Waals surface area contributed by atoms with Gasteiger partial charge in [0.05, 0.1) is 11.1 Å². The standard InChI is InChI=1S/C13H15NO2S/c1-9(7-8-17-2)14-12(15)10-5-3-4-6-11(10)13(14)16/h3-6,9H,7-8H2,1-2H3. The van der Waals surface area contributed by atoms with Crippen LogP contribution in [0.15, 0.2) is 24.3 Å². The third-order valence-electron chi connectivity index (χ3n) is 3.01. The molecule has 3 nitrogen and oxygen atoms in total. The Morgan fingerprint density at radius 3 is 2.18 bits per heavy atom. The quantitative estimate of drug-likeness (QED) is 0.769. The lowest BCUT2D eigenvalue weighted by atomic mass is 10.1. The molecule has 0 aromatic heterocycles. The zero-order chi connectivity index (χ0) is 12.4. The fraction of sp³-hybridized carbons (Fsp3) is 0.385. The van der Waals surface area contributed by atoms with Gasteiger partial charge in [-0.25, -0.2) is 0 Å². The second kappa shape index (κ2) is 4.92. The summed E-state index contributed by atoms with van der Waals surface area (Å²) in [5.41, 5.74) is 1.07. The van der Waals surface area contributed by atoms with Crippen molar-refractivity contribution < 1.29 is 9.59 Å². The second-order valence-corrected chi connectivity index (χ2v) is 5.14. The number of carbonyl (C=O) groups is 2. The van der Waals surface area contributed by atoms with Gasteiger partial charge < -0.3 is 0 Å². The van der Waals surface area contributed by atoms with Crippen molar-refractivity contribution in [3.05, 3.63) is 35.4 Å². The minimum Gasteiger partial charge on any atom is -0.271 e. The lowest BCUT2D eigenvalue weighted by molar-refractivity contribution is 0.0594. The van der Waals surface area contributed by atoms with Gasteiger partial charge in [0, 0.05) is 6.04 Å². The lowest BCUT2D eigenvalue weighted by Crippen LogP contribution is -2.38. The number of hydrogen-bond donors (Lipinski definition) is 0. The molecule has 0 fully saturated rings. The van der Waals surface area contributed by atoms with Crippen molar-refractivity contribution in [2.75, 3.05) is 12.0 Å². The van der Waals surface area contributed by atoms with Crippen LogP contribution in [0, 0.1) is 0 Å². The summed E-state index contributed by atoms with van der Waals surface area (Å²) in [4.78, 5) is 25.6. The van der Waals surface area contributed by atoms with E-state index in [0.29, 0.717) is 11.1 Å². The van der Waals surface area contributed by atoms with Crippen LogP contribution in [0.1, 0.15) is 34.1 Å². The molecule has 1 atom stereocenters. The highest BCUT2D eigenvalue weighted by atomic mass is 32.2. The van der Waals surface area contributed by atoms with Crippen LogP contribution in [0.25, 0.3) is 0 Å². The highest BCUT2D eigenvalue weighted by Gasteiger charge is 2.37. The summed E-state index contributed by atoms with van der Waals surface area (Å²) in [6, 6.07) is 6.99. The normalized spacial score (nSPS) is 16.2. The number of imide groups is 1. The van der Waals surface area contributed by atoms with Crippen molar-refractivity contribution in [3.63, 3.8) is 0 Å². The van der Waals surface area contributed by atoms with Crippen LogP contribution in [0.3, 0.4) is 0 Å². The maximum Gasteiger partial charge on any atom is 0.261 e. The summed E-state index contributed by atoms with van der Waals surface area (Å²) in [5.74, 6) is 0.646. The van der Waals surface area contributed by atoms with E-state index in [-0.39, 0.29) is 17.9 Å². The molecule has 0 saturated heterocycles. The van der Waals surface area contributed by atoms with Crippen molar-refractivity contribution in [3.8, 4) is 0 Å². The Morgan fingerprint density at radius 2 is 1.71 bits per heavy atom. The van der Waals surface area contributed by atoms with E-state index in [1.165, 1.54) is 4.90 Å². The molecule has 0 radical (unpaired) electrons. The van der Waals surface area contributed by atoms with Crippen LogP contribution < -0.4 is 0 Å². The molecule has 1 heterocycles. The molecule has 0 saturated carbocycles. The van der Waals surface area contributed by atoms with E-state index in [4.69, 9.17) is 0 Å². The smallest absolute Gasteiger partial charge is 0.261 e. The first-order valence-corrected chi connectivity index (χ1v) is 7.02. The number of hydrogen-bond acceptors (Lipinski definition) is 3. The molecule has 90 valence electrons. The van der Waals surface area contributed by atoms with Crippen molar-refractivity contribution in [1.29, 1.82) is 0 Å². The molecular formula is C13H15NO2S. The number of rotatable bonds is 4. The minimum absolute atomic E-state index is 0.0325. The van der Waals surface area contributed by atoms with E-state index in [1.807, 2.05) is 13.2 Å². The Balaban J connectivity index is 2.24. The topological polar surface area (TPSA) is 37.4 Å². The van der Waals surface area contributed by atoms with Crippen molar-refractivity contribution in [1.82, 2.24) is 4.90 Å². The van der Waals surface area contributed by atoms with Gasteiger partial charge in [0.1, 0.15) is 0 Å². The maximum absolute atomic E-state index is 12.1. The molecule has 0 N–H and O–H groups in total. The summed E-state index contributed by atoms with van der Waals surface area (Å²) in [6.45, 7) is 1.93. The van der Waals surface area contributed by atoms with Gasteiger partial charge >= 0.3 is 0 Å². The van der Waals surface area contributed by atoms with Crippen molar-refractivity contribution in [2.45, 2.75) is 19.4 Å². The highest BCUT2D eigenvalue weighted by molar-refractivity contribution is 7.98. The first kappa shape index (κ1) is 12.2. The van der Waals surface area contributed by atoms with Crippen LogP contribution in [0.5, 0.6) is 0 Å². The average molecular weight is 249 g/mol. The zero-order valence-corrected chi connectivity index (χ0v) is 10.8. The number of carbonyl (C=O) groups excluding carboxylic acids is 2. The summed E-state index contributed by atoms with van der Waals surface area (Å²) < 4.78 is 0. The highest BCUT2D eigenvalue weighted by Crippen LogP contribution is 2.25. The average Bonchev–Trinajstić information content (AvgIpc) is 2.60. The van der Waals surface area contributed by atoms with Gasteiger partial charge in [-0.15, -0.1) is 0 Å². The van der Waals surface area contributed by atoms with Crippen LogP contribution in [0.4, 0.5) is 0 Å². The maximum atomic E-state index is 12.1. The number of benzene rings is 1. The molecule has 1 aliphatic heterocycles. The van der Waals surface area contributed by atoms with Crippen LogP contribution in [-0.4, -0.2) is 34.8 Å². The second-order valence-electron chi connectivity index (χ2n) is 4.16. The Bertz CT molecular complexity index is 423. The van der Waals surface area contributed by atoms with Gasteiger partial charge in [-0.1, -0.05) is 12.1 Å². The summed E-state index contributed by atoms with van der Waals surface area (Å²) >= 11 is 1.73. The van der Waals surface area contributed by atoms with Crippen LogP contribution in [0.2, 0.25) is 0 Å². The third-order valence-corrected chi connectivity index (χ3v) is 3.65. The molecular weight excluding hydrogens is 234 g/mol. The first-order valence-electron chi connectivity index (χ1n) is 5.62. The summed E-state index contributed by atoms with van der Waals surface area (Å²) in [7, 11) is 0. The predicted molar refractivity (Wildman–Crippen MR) is 69.4 cm³/mol. The zero-order valence-electron chi connectivity index (χ0n) is 9.97. The van der Waals surface area contributed by atoms with Crippen molar-refractivity contribution in [2.24, 2.45) is 0 Å². The molecule has 1 unspecified atom stereocenters. The molecule has 1 aliphatic rings. The minimum atomic E-state index is -0.154. The van der Waals surface area contributed by atoms with E-state index < -0.39 is 0 Å². The molecule has 2 rings (SSSR count). The Hall–Kier alpha value is -1.29. The Labute approximate surface area is 105 Å². The number of thioether (sulfide) groups is 1. The predicted octanol–water partition coefficient (Wildman–Crippen LogP) is 2.42. The molecule has 1 aromatic rings. The van der Waals surface area contributed by atoms with Crippen LogP contribution >= 0.6 is 11.8 Å². The molecule has 0 aliphatic carbocycles. The number of amides is 2. The number of nitrogens with zero attached hydrogens (tertiary/aromatic N) is 1. The molecule has 0 spiro atoms. The summed E-state index contributed by atoms with van der Waals surface area (Å²) in [6.07, 6.45) is 2.86. The first-order chi connectivity index (χ1) is 8.16. The lowest BCUT2D eigenvalue weighted by Gasteiger charge is -2.21. The number of fused-ring (bicyclic) bond motifs is 1. The van der Waals surface area contributed by atoms with E-state index >= 15 is 0 Å². The van der Waals surface area contributed by atoms with Gasteiger partial charge in [0.15, 0.2) is 0 Å².